The number of nitrogens with zero attached hydrogens (tertiary/aromatic N) is 2. The second kappa shape index (κ2) is 5.32. The number of carbonyl (C=O) groups excluding carboxylic acids is 1. The number of aromatic nitrogens is 1. The number of benzene rings is 1. The lowest BCUT2D eigenvalue weighted by atomic mass is 10.1. The molecule has 0 saturated heterocycles. The van der Waals surface area contributed by atoms with E-state index in [2.05, 4.69) is 5.32 Å². The fraction of sp³-hybridized carbons (Fsp3) is 0.200. The molecule has 1 aromatic carbocycles. The van der Waals surface area contributed by atoms with Crippen molar-refractivity contribution in [2.75, 3.05) is 11.9 Å². The first kappa shape index (κ1) is 13.2. The molecule has 0 saturated carbocycles. The van der Waals surface area contributed by atoms with E-state index in [0.29, 0.717) is 5.56 Å². The first-order valence-electron chi connectivity index (χ1n) is 6.68. The third-order valence-corrected chi connectivity index (χ3v) is 3.56. The molecule has 2 heterocycles. The van der Waals surface area contributed by atoms with Gasteiger partial charge in [0.2, 0.25) is 5.78 Å². The number of non-ortho nitro benzene ring substituents is 1. The third-order valence-electron chi connectivity index (χ3n) is 3.56. The molecule has 0 aliphatic carbocycles. The Labute approximate surface area is 121 Å². The van der Waals surface area contributed by atoms with Crippen LogP contribution < -0.4 is 9.88 Å². The van der Waals surface area contributed by atoms with E-state index in [-0.39, 0.29) is 18.0 Å². The second-order valence-electron chi connectivity index (χ2n) is 4.91. The lowest BCUT2D eigenvalue weighted by molar-refractivity contribution is -0.669. The number of hydrogen-bond acceptors (Lipinski definition) is 4. The topological polar surface area (TPSA) is 76.1 Å². The number of rotatable bonds is 4. The van der Waals surface area contributed by atoms with Crippen molar-refractivity contribution in [1.82, 2.24) is 0 Å². The molecule has 0 spiro atoms. The summed E-state index contributed by atoms with van der Waals surface area (Å²) in [4.78, 5) is 22.4. The fourth-order valence-corrected chi connectivity index (χ4v) is 2.48. The summed E-state index contributed by atoms with van der Waals surface area (Å²) >= 11 is 0. The summed E-state index contributed by atoms with van der Waals surface area (Å²) in [7, 11) is 0. The first-order chi connectivity index (χ1) is 10.1. The first-order valence-corrected chi connectivity index (χ1v) is 6.68. The third kappa shape index (κ3) is 2.60. The molecule has 6 heteroatoms. The van der Waals surface area contributed by atoms with Crippen LogP contribution in [0, 0.1) is 10.1 Å². The highest BCUT2D eigenvalue weighted by atomic mass is 16.6. The second-order valence-corrected chi connectivity index (χ2v) is 4.91. The van der Waals surface area contributed by atoms with Crippen LogP contribution in [0.4, 0.5) is 11.5 Å². The van der Waals surface area contributed by atoms with Gasteiger partial charge < -0.3 is 0 Å². The molecule has 1 aliphatic rings. The van der Waals surface area contributed by atoms with E-state index in [1.165, 1.54) is 29.8 Å². The van der Waals surface area contributed by atoms with Gasteiger partial charge >= 0.3 is 0 Å². The van der Waals surface area contributed by atoms with Crippen LogP contribution >= 0.6 is 0 Å². The summed E-state index contributed by atoms with van der Waals surface area (Å²) in [6.07, 6.45) is 2.82. The monoisotopic (exact) mass is 284 g/mol. The van der Waals surface area contributed by atoms with E-state index in [1.54, 1.807) is 0 Å². The van der Waals surface area contributed by atoms with Gasteiger partial charge in [-0.3, -0.25) is 20.2 Å². The van der Waals surface area contributed by atoms with Crippen molar-refractivity contribution < 1.29 is 14.3 Å². The molecule has 1 N–H and O–H groups in total. The van der Waals surface area contributed by atoms with Gasteiger partial charge in [-0.1, -0.05) is 0 Å². The molecule has 0 bridgehead atoms. The van der Waals surface area contributed by atoms with Gasteiger partial charge in [0.1, 0.15) is 0 Å². The molecule has 0 fully saturated rings. The van der Waals surface area contributed by atoms with Crippen LogP contribution in [0.3, 0.4) is 0 Å². The maximum atomic E-state index is 12.3. The zero-order chi connectivity index (χ0) is 14.8. The molecule has 0 radical (unpaired) electrons. The van der Waals surface area contributed by atoms with Crippen molar-refractivity contribution in [1.29, 1.82) is 0 Å². The van der Waals surface area contributed by atoms with Crippen LogP contribution in [0.15, 0.2) is 42.6 Å². The Morgan fingerprint density at radius 2 is 2.05 bits per heavy atom. The van der Waals surface area contributed by atoms with Crippen LogP contribution in [0.2, 0.25) is 0 Å². The Kier molecular flexibility index (Phi) is 3.35. The molecule has 6 nitrogen and oxygen atoms in total. The number of carbonyl (C=O) groups is 1. The highest BCUT2D eigenvalue weighted by Crippen LogP contribution is 2.17. The summed E-state index contributed by atoms with van der Waals surface area (Å²) in [6, 6.07) is 9.67. The van der Waals surface area contributed by atoms with Gasteiger partial charge in [-0.2, -0.15) is 0 Å². The van der Waals surface area contributed by atoms with Crippen molar-refractivity contribution in [2.45, 2.75) is 13.0 Å². The Balaban J connectivity index is 1.81. The van der Waals surface area contributed by atoms with Gasteiger partial charge in [0.05, 0.1) is 17.7 Å². The molecule has 0 amide bonds. The van der Waals surface area contributed by atoms with E-state index in [4.69, 9.17) is 0 Å². The fourth-order valence-electron chi connectivity index (χ4n) is 2.48. The number of fused-ring (bicyclic) bond motifs is 1. The van der Waals surface area contributed by atoms with E-state index >= 15 is 0 Å². The smallest absolute Gasteiger partial charge is 0.278 e. The number of anilines is 1. The standard InChI is InChI=1S/C15H13N3O3/c19-14(11-3-5-13(6-4-11)18(20)21)10-17-9-1-2-12-7-8-16-15(12)17/h1-6,9H,7-8,10H2/p+1. The summed E-state index contributed by atoms with van der Waals surface area (Å²) in [5.41, 5.74) is 1.67. The van der Waals surface area contributed by atoms with Gasteiger partial charge in [0.25, 0.3) is 11.5 Å². The molecule has 1 aromatic heterocycles. The summed E-state index contributed by atoms with van der Waals surface area (Å²) in [5, 5.41) is 13.9. The minimum Gasteiger partial charge on any atom is -0.290 e. The van der Waals surface area contributed by atoms with Crippen LogP contribution in [0.1, 0.15) is 15.9 Å². The summed E-state index contributed by atoms with van der Waals surface area (Å²) in [6.45, 7) is 1.10. The number of nitro benzene ring substituents is 1. The average Bonchev–Trinajstić information content (AvgIpc) is 2.97. The van der Waals surface area contributed by atoms with E-state index in [9.17, 15) is 14.9 Å². The highest BCUT2D eigenvalue weighted by molar-refractivity contribution is 5.95. The van der Waals surface area contributed by atoms with Gasteiger partial charge in [-0.05, 0) is 24.3 Å². The summed E-state index contributed by atoms with van der Waals surface area (Å²) < 4.78 is 1.88. The lowest BCUT2D eigenvalue weighted by Crippen LogP contribution is -2.40. The molecule has 2 aromatic rings. The van der Waals surface area contributed by atoms with Crippen LogP contribution in [-0.4, -0.2) is 17.3 Å². The predicted molar refractivity (Wildman–Crippen MR) is 76.3 cm³/mol. The normalized spacial score (nSPS) is 12.6. The zero-order valence-electron chi connectivity index (χ0n) is 11.3. The maximum absolute atomic E-state index is 12.3. The Morgan fingerprint density at radius 3 is 2.76 bits per heavy atom. The predicted octanol–water partition coefficient (Wildman–Crippen LogP) is 1.73. The van der Waals surface area contributed by atoms with Gasteiger partial charge in [0.15, 0.2) is 6.54 Å². The number of Topliss-reactive ketones (excluding diaryl/α,β-unsaturated/α-hetero) is 1. The molecular weight excluding hydrogens is 270 g/mol. The maximum Gasteiger partial charge on any atom is 0.278 e. The average molecular weight is 284 g/mol. The molecule has 3 rings (SSSR count). The zero-order valence-corrected chi connectivity index (χ0v) is 11.3. The Bertz CT molecular complexity index is 711. The number of nitro groups is 1. The van der Waals surface area contributed by atoms with Gasteiger partial charge in [-0.25, -0.2) is 4.57 Å². The molecule has 0 unspecified atom stereocenters. The van der Waals surface area contributed by atoms with Crippen LogP contribution in [0.25, 0.3) is 0 Å². The number of pyridine rings is 1. The van der Waals surface area contributed by atoms with E-state index < -0.39 is 4.92 Å². The summed E-state index contributed by atoms with van der Waals surface area (Å²) in [5.74, 6) is 0.907. The van der Waals surface area contributed by atoms with E-state index in [1.807, 2.05) is 22.9 Å². The van der Waals surface area contributed by atoms with Gasteiger partial charge in [-0.15, -0.1) is 0 Å². The number of nitrogens with one attached hydrogen (secondary N) is 1. The molecule has 0 atom stereocenters. The molecule has 106 valence electrons. The lowest BCUT2D eigenvalue weighted by Gasteiger charge is -2.04. The molecule has 21 heavy (non-hydrogen) atoms. The van der Waals surface area contributed by atoms with Crippen molar-refractivity contribution in [3.8, 4) is 0 Å². The van der Waals surface area contributed by atoms with Crippen molar-refractivity contribution in [3.63, 3.8) is 0 Å². The number of hydrogen-bond donors (Lipinski definition) is 1. The molecule has 1 aliphatic heterocycles. The van der Waals surface area contributed by atoms with Gasteiger partial charge in [0, 0.05) is 29.7 Å². The van der Waals surface area contributed by atoms with Crippen LogP contribution in [0.5, 0.6) is 0 Å². The minimum absolute atomic E-state index is 0.0125. The largest absolute Gasteiger partial charge is 0.290 e. The van der Waals surface area contributed by atoms with Crippen molar-refractivity contribution in [2.24, 2.45) is 0 Å². The van der Waals surface area contributed by atoms with Crippen molar-refractivity contribution >= 4 is 17.3 Å². The quantitative estimate of drug-likeness (QED) is 0.401. The van der Waals surface area contributed by atoms with Crippen molar-refractivity contribution in [3.05, 3.63) is 63.8 Å². The molecular formula is C15H14N3O3+. The number of ketones is 1. The highest BCUT2D eigenvalue weighted by Gasteiger charge is 2.22. The Morgan fingerprint density at radius 1 is 1.29 bits per heavy atom. The van der Waals surface area contributed by atoms with E-state index in [0.717, 1.165) is 18.8 Å². The Hall–Kier alpha value is -2.76. The minimum atomic E-state index is -0.475. The SMILES string of the molecule is O=C(C[n+]1cccc2c1NCC2)c1ccc([N+](=O)[O-])cc1. The van der Waals surface area contributed by atoms with Crippen LogP contribution in [-0.2, 0) is 13.0 Å².